The summed E-state index contributed by atoms with van der Waals surface area (Å²) in [7, 11) is 0. The van der Waals surface area contributed by atoms with Crippen LogP contribution in [0.3, 0.4) is 0 Å². The highest BCUT2D eigenvalue weighted by atomic mass is 19.1. The van der Waals surface area contributed by atoms with Crippen molar-refractivity contribution in [2.75, 3.05) is 0 Å². The van der Waals surface area contributed by atoms with Crippen LogP contribution in [0.2, 0.25) is 0 Å². The van der Waals surface area contributed by atoms with Crippen molar-refractivity contribution < 1.29 is 13.9 Å². The molecule has 0 aromatic heterocycles. The SMILES string of the molecule is Fc1cccc(C23CCC4(CC2C3)OC=CO4)c1. The molecule has 1 aromatic rings. The summed E-state index contributed by atoms with van der Waals surface area (Å²) >= 11 is 0. The predicted molar refractivity (Wildman–Crippen MR) is 64.1 cm³/mol. The molecular weight excluding hydrogens is 231 g/mol. The standard InChI is InChI=1S/C15H15FO2/c16-13-3-1-2-11(8-13)14-4-5-15(10-12(14)9-14)17-6-7-18-15/h1-3,6-8,12H,4-5,9-10H2. The minimum absolute atomic E-state index is 0.136. The van der Waals surface area contributed by atoms with E-state index in [2.05, 4.69) is 6.07 Å². The number of halogens is 1. The Balaban J connectivity index is 1.59. The minimum atomic E-state index is -0.419. The van der Waals surface area contributed by atoms with E-state index in [4.69, 9.17) is 9.47 Å². The summed E-state index contributed by atoms with van der Waals surface area (Å²) in [5.74, 6) is 0.00800. The Bertz CT molecular complexity index is 517. The first kappa shape index (κ1) is 10.4. The Kier molecular flexibility index (Phi) is 1.90. The molecular formula is C15H15FO2. The van der Waals surface area contributed by atoms with Crippen LogP contribution in [-0.2, 0) is 14.9 Å². The molecule has 1 heterocycles. The van der Waals surface area contributed by atoms with Gasteiger partial charge in [-0.15, -0.1) is 0 Å². The second-order valence-electron chi connectivity index (χ2n) is 5.69. The van der Waals surface area contributed by atoms with Crippen molar-refractivity contribution in [3.8, 4) is 0 Å². The van der Waals surface area contributed by atoms with Gasteiger partial charge < -0.3 is 9.47 Å². The van der Waals surface area contributed by atoms with Crippen LogP contribution < -0.4 is 0 Å². The molecule has 1 spiro atoms. The Morgan fingerprint density at radius 3 is 2.67 bits per heavy atom. The molecule has 0 N–H and O–H groups in total. The molecule has 2 aliphatic carbocycles. The monoisotopic (exact) mass is 246 g/mol. The highest BCUT2D eigenvalue weighted by molar-refractivity contribution is 5.35. The van der Waals surface area contributed by atoms with Crippen molar-refractivity contribution in [2.24, 2.45) is 5.92 Å². The summed E-state index contributed by atoms with van der Waals surface area (Å²) in [6.45, 7) is 0. The molecule has 2 saturated carbocycles. The van der Waals surface area contributed by atoms with E-state index in [1.807, 2.05) is 6.07 Å². The number of ether oxygens (including phenoxy) is 2. The Labute approximate surface area is 105 Å². The zero-order valence-electron chi connectivity index (χ0n) is 10.1. The van der Waals surface area contributed by atoms with E-state index in [9.17, 15) is 4.39 Å². The zero-order valence-corrected chi connectivity index (χ0v) is 10.1. The first-order valence-corrected chi connectivity index (χ1v) is 6.49. The number of rotatable bonds is 1. The molecule has 0 saturated heterocycles. The molecule has 1 aliphatic heterocycles. The summed E-state index contributed by atoms with van der Waals surface area (Å²) in [6.07, 6.45) is 7.21. The van der Waals surface area contributed by atoms with E-state index in [1.54, 1.807) is 18.6 Å². The fourth-order valence-corrected chi connectivity index (χ4v) is 3.69. The largest absolute Gasteiger partial charge is 0.457 e. The normalized spacial score (nSPS) is 34.8. The van der Waals surface area contributed by atoms with Crippen LogP contribution in [0.1, 0.15) is 31.2 Å². The summed E-state index contributed by atoms with van der Waals surface area (Å²) in [4.78, 5) is 0. The number of hydrogen-bond acceptors (Lipinski definition) is 2. The van der Waals surface area contributed by atoms with Crippen LogP contribution in [0.25, 0.3) is 0 Å². The number of benzene rings is 1. The highest BCUT2D eigenvalue weighted by Crippen LogP contribution is 2.65. The smallest absolute Gasteiger partial charge is 0.250 e. The van der Waals surface area contributed by atoms with Gasteiger partial charge >= 0.3 is 0 Å². The maximum Gasteiger partial charge on any atom is 0.250 e. The van der Waals surface area contributed by atoms with Gasteiger partial charge in [-0.05, 0) is 41.9 Å². The maximum atomic E-state index is 13.3. The Morgan fingerprint density at radius 1 is 1.11 bits per heavy atom. The molecule has 2 unspecified atom stereocenters. The molecule has 3 heteroatoms. The van der Waals surface area contributed by atoms with Gasteiger partial charge in [0.1, 0.15) is 18.3 Å². The van der Waals surface area contributed by atoms with Crippen LogP contribution in [0, 0.1) is 11.7 Å². The van der Waals surface area contributed by atoms with Crippen molar-refractivity contribution in [3.63, 3.8) is 0 Å². The van der Waals surface area contributed by atoms with E-state index in [1.165, 1.54) is 6.07 Å². The summed E-state index contributed by atoms with van der Waals surface area (Å²) in [6, 6.07) is 7.06. The molecule has 2 fully saturated rings. The van der Waals surface area contributed by atoms with Crippen molar-refractivity contribution in [3.05, 3.63) is 48.2 Å². The van der Waals surface area contributed by atoms with E-state index in [0.717, 1.165) is 31.2 Å². The lowest BCUT2D eigenvalue weighted by Gasteiger charge is -2.35. The second-order valence-corrected chi connectivity index (χ2v) is 5.69. The van der Waals surface area contributed by atoms with Crippen LogP contribution in [0.5, 0.6) is 0 Å². The zero-order chi connectivity index (χ0) is 12.2. The fourth-order valence-electron chi connectivity index (χ4n) is 3.69. The third-order valence-corrected chi connectivity index (χ3v) is 4.76. The average molecular weight is 246 g/mol. The Morgan fingerprint density at radius 2 is 1.94 bits per heavy atom. The third kappa shape index (κ3) is 1.33. The first-order chi connectivity index (χ1) is 8.73. The summed E-state index contributed by atoms with van der Waals surface area (Å²) < 4.78 is 24.6. The van der Waals surface area contributed by atoms with E-state index >= 15 is 0 Å². The van der Waals surface area contributed by atoms with Gasteiger partial charge in [0.2, 0.25) is 5.79 Å². The van der Waals surface area contributed by atoms with Gasteiger partial charge in [-0.3, -0.25) is 0 Å². The third-order valence-electron chi connectivity index (χ3n) is 4.76. The molecule has 0 radical (unpaired) electrons. The molecule has 3 aliphatic rings. The lowest BCUT2D eigenvalue weighted by molar-refractivity contribution is -0.166. The highest BCUT2D eigenvalue weighted by Gasteiger charge is 2.63. The van der Waals surface area contributed by atoms with Crippen molar-refractivity contribution in [1.82, 2.24) is 0 Å². The second kappa shape index (κ2) is 3.28. The number of fused-ring (bicyclic) bond motifs is 1. The minimum Gasteiger partial charge on any atom is -0.457 e. The van der Waals surface area contributed by atoms with Gasteiger partial charge in [0, 0.05) is 12.8 Å². The van der Waals surface area contributed by atoms with Gasteiger partial charge in [0.05, 0.1) is 0 Å². The lowest BCUT2D eigenvalue weighted by atomic mass is 9.80. The van der Waals surface area contributed by atoms with Crippen molar-refractivity contribution in [1.29, 1.82) is 0 Å². The van der Waals surface area contributed by atoms with Crippen LogP contribution in [-0.4, -0.2) is 5.79 Å². The van der Waals surface area contributed by atoms with Gasteiger partial charge in [0.15, 0.2) is 0 Å². The van der Waals surface area contributed by atoms with Gasteiger partial charge in [-0.25, -0.2) is 4.39 Å². The molecule has 94 valence electrons. The van der Waals surface area contributed by atoms with Crippen molar-refractivity contribution >= 4 is 0 Å². The quantitative estimate of drug-likeness (QED) is 0.755. The maximum absolute atomic E-state index is 13.3. The van der Waals surface area contributed by atoms with E-state index in [-0.39, 0.29) is 11.2 Å². The van der Waals surface area contributed by atoms with Crippen LogP contribution in [0.15, 0.2) is 36.8 Å². The van der Waals surface area contributed by atoms with Gasteiger partial charge in [-0.2, -0.15) is 0 Å². The lowest BCUT2D eigenvalue weighted by Crippen LogP contribution is -2.37. The molecule has 2 atom stereocenters. The van der Waals surface area contributed by atoms with E-state index in [0.29, 0.717) is 5.92 Å². The number of hydrogen-bond donors (Lipinski definition) is 0. The van der Waals surface area contributed by atoms with Gasteiger partial charge in [0.25, 0.3) is 0 Å². The predicted octanol–water partition coefficient (Wildman–Crippen LogP) is 3.48. The molecule has 1 aromatic carbocycles. The van der Waals surface area contributed by atoms with Gasteiger partial charge in [-0.1, -0.05) is 12.1 Å². The molecule has 2 nitrogen and oxygen atoms in total. The van der Waals surface area contributed by atoms with Crippen LogP contribution in [0.4, 0.5) is 4.39 Å². The topological polar surface area (TPSA) is 18.5 Å². The average Bonchev–Trinajstić information content (AvgIpc) is 2.93. The van der Waals surface area contributed by atoms with Crippen LogP contribution >= 0.6 is 0 Å². The molecule has 0 amide bonds. The molecule has 18 heavy (non-hydrogen) atoms. The summed E-state index contributed by atoms with van der Waals surface area (Å²) in [5, 5.41) is 0. The molecule has 4 rings (SSSR count). The summed E-state index contributed by atoms with van der Waals surface area (Å²) in [5.41, 5.74) is 1.33. The fraction of sp³-hybridized carbons (Fsp3) is 0.467. The van der Waals surface area contributed by atoms with Crippen molar-refractivity contribution in [2.45, 2.75) is 36.9 Å². The van der Waals surface area contributed by atoms with E-state index < -0.39 is 5.79 Å². The molecule has 0 bridgehead atoms. The Hall–Kier alpha value is -1.51. The first-order valence-electron chi connectivity index (χ1n) is 6.49.